The van der Waals surface area contributed by atoms with E-state index < -0.39 is 29.8 Å². The molecule has 0 bridgehead atoms. The summed E-state index contributed by atoms with van der Waals surface area (Å²) in [7, 11) is 0. The number of nitrogens with one attached hydrogen (secondary N) is 2. The standard InChI is InChI=1S/C33H42F3N5O3/c1-3-11-26-16-8-9-17-40(26)32(44)29-20-28(39-41(29)4-2)31(43)38-27(19-23-12-6-5-7-13-23)30(42)22-37-21-24-14-10-15-25(18-24)33(34,35)36/h5-7,10,12-15,18,20,26-27,30,37,42H,3-4,8-9,11,16-17,19,21-22H2,1-2H3,(H,38,43)/t26?,27-,30-/m0/s1. The van der Waals surface area contributed by atoms with Crippen molar-refractivity contribution in [3.05, 3.63) is 88.7 Å². The number of nitrogens with zero attached hydrogens (tertiary/aromatic N) is 3. The molecule has 0 radical (unpaired) electrons. The molecule has 44 heavy (non-hydrogen) atoms. The Balaban J connectivity index is 1.47. The summed E-state index contributed by atoms with van der Waals surface area (Å²) in [6, 6.07) is 15.3. The van der Waals surface area contributed by atoms with E-state index in [0.29, 0.717) is 30.8 Å². The molecule has 3 atom stereocenters. The summed E-state index contributed by atoms with van der Waals surface area (Å²) in [6.45, 7) is 5.19. The Morgan fingerprint density at radius 2 is 1.80 bits per heavy atom. The molecule has 1 saturated heterocycles. The zero-order valence-corrected chi connectivity index (χ0v) is 25.3. The molecule has 1 unspecified atom stereocenters. The van der Waals surface area contributed by atoms with Crippen molar-refractivity contribution in [1.29, 1.82) is 0 Å². The highest BCUT2D eigenvalue weighted by atomic mass is 19.4. The fourth-order valence-corrected chi connectivity index (χ4v) is 5.75. The second-order valence-corrected chi connectivity index (χ2v) is 11.3. The van der Waals surface area contributed by atoms with E-state index in [1.165, 1.54) is 12.1 Å². The zero-order valence-electron chi connectivity index (χ0n) is 25.3. The van der Waals surface area contributed by atoms with Crippen LogP contribution in [0.25, 0.3) is 0 Å². The normalized spacial score (nSPS) is 16.9. The Morgan fingerprint density at radius 3 is 2.50 bits per heavy atom. The van der Waals surface area contributed by atoms with Crippen molar-refractivity contribution in [2.45, 2.75) is 89.8 Å². The van der Waals surface area contributed by atoms with E-state index >= 15 is 0 Å². The van der Waals surface area contributed by atoms with E-state index in [-0.39, 0.29) is 30.7 Å². The summed E-state index contributed by atoms with van der Waals surface area (Å²) in [6.07, 6.45) is -0.284. The predicted octanol–water partition coefficient (Wildman–Crippen LogP) is 5.21. The molecule has 0 saturated carbocycles. The molecule has 1 aliphatic heterocycles. The molecule has 0 aliphatic carbocycles. The number of amides is 2. The van der Waals surface area contributed by atoms with Gasteiger partial charge in [-0.25, -0.2) is 0 Å². The third-order valence-corrected chi connectivity index (χ3v) is 8.06. The number of aromatic nitrogens is 2. The molecule has 11 heteroatoms. The van der Waals surface area contributed by atoms with Crippen molar-refractivity contribution in [1.82, 2.24) is 25.3 Å². The third-order valence-electron chi connectivity index (χ3n) is 8.06. The number of aliphatic hydroxyl groups excluding tert-OH is 1. The topological polar surface area (TPSA) is 99.5 Å². The van der Waals surface area contributed by atoms with Crippen LogP contribution in [0.4, 0.5) is 13.2 Å². The van der Waals surface area contributed by atoms with Crippen LogP contribution < -0.4 is 10.6 Å². The van der Waals surface area contributed by atoms with E-state index in [0.717, 1.165) is 49.8 Å². The van der Waals surface area contributed by atoms with Gasteiger partial charge in [-0.15, -0.1) is 0 Å². The van der Waals surface area contributed by atoms with Crippen LogP contribution in [0.1, 0.15) is 83.6 Å². The fourth-order valence-electron chi connectivity index (χ4n) is 5.75. The van der Waals surface area contributed by atoms with Crippen molar-refractivity contribution in [3.63, 3.8) is 0 Å². The average molecular weight is 614 g/mol. The molecule has 1 aliphatic rings. The fraction of sp³-hybridized carbons (Fsp3) is 0.485. The van der Waals surface area contributed by atoms with Gasteiger partial charge in [-0.2, -0.15) is 18.3 Å². The van der Waals surface area contributed by atoms with Gasteiger partial charge in [0, 0.05) is 38.3 Å². The number of hydrogen-bond donors (Lipinski definition) is 3. The zero-order chi connectivity index (χ0) is 31.7. The highest BCUT2D eigenvalue weighted by molar-refractivity contribution is 5.98. The lowest BCUT2D eigenvalue weighted by atomic mass is 9.98. The van der Waals surface area contributed by atoms with E-state index in [1.807, 2.05) is 42.2 Å². The van der Waals surface area contributed by atoms with Gasteiger partial charge in [-0.3, -0.25) is 14.3 Å². The quantitative estimate of drug-likeness (QED) is 0.246. The summed E-state index contributed by atoms with van der Waals surface area (Å²) in [4.78, 5) is 29.0. The van der Waals surface area contributed by atoms with Crippen LogP contribution in [-0.4, -0.2) is 62.9 Å². The maximum absolute atomic E-state index is 13.6. The first-order valence-corrected chi connectivity index (χ1v) is 15.4. The van der Waals surface area contributed by atoms with Crippen LogP contribution in [0.5, 0.6) is 0 Å². The molecule has 238 valence electrons. The van der Waals surface area contributed by atoms with Crippen molar-refractivity contribution < 1.29 is 27.9 Å². The number of alkyl halides is 3. The van der Waals surface area contributed by atoms with Crippen LogP contribution in [0.3, 0.4) is 0 Å². The number of aryl methyl sites for hydroxylation is 1. The van der Waals surface area contributed by atoms with E-state index in [9.17, 15) is 27.9 Å². The van der Waals surface area contributed by atoms with Crippen molar-refractivity contribution >= 4 is 11.8 Å². The van der Waals surface area contributed by atoms with Gasteiger partial charge < -0.3 is 20.6 Å². The maximum atomic E-state index is 13.6. The van der Waals surface area contributed by atoms with Gasteiger partial charge in [0.05, 0.1) is 17.7 Å². The third kappa shape index (κ3) is 8.69. The van der Waals surface area contributed by atoms with Gasteiger partial charge in [-0.05, 0) is 56.2 Å². The first kappa shape index (κ1) is 33.2. The number of benzene rings is 2. The van der Waals surface area contributed by atoms with E-state index in [1.54, 1.807) is 10.7 Å². The van der Waals surface area contributed by atoms with Crippen molar-refractivity contribution in [2.75, 3.05) is 13.1 Å². The molecule has 3 aromatic rings. The van der Waals surface area contributed by atoms with Crippen molar-refractivity contribution in [3.8, 4) is 0 Å². The Kier molecular flexibility index (Phi) is 11.6. The van der Waals surface area contributed by atoms with Crippen LogP contribution >= 0.6 is 0 Å². The Morgan fingerprint density at radius 1 is 1.05 bits per heavy atom. The minimum atomic E-state index is -4.44. The first-order chi connectivity index (χ1) is 21.1. The van der Waals surface area contributed by atoms with Crippen molar-refractivity contribution in [2.24, 2.45) is 0 Å². The second kappa shape index (κ2) is 15.3. The molecule has 8 nitrogen and oxygen atoms in total. The lowest BCUT2D eigenvalue weighted by Gasteiger charge is -2.35. The Labute approximate surface area is 256 Å². The summed E-state index contributed by atoms with van der Waals surface area (Å²) in [5.41, 5.74) is 1.02. The van der Waals surface area contributed by atoms with Gasteiger partial charge >= 0.3 is 6.18 Å². The number of aliphatic hydroxyl groups is 1. The lowest BCUT2D eigenvalue weighted by molar-refractivity contribution is -0.137. The van der Waals surface area contributed by atoms with E-state index in [2.05, 4.69) is 22.7 Å². The van der Waals surface area contributed by atoms with Crippen LogP contribution in [0.15, 0.2) is 60.7 Å². The Hall–Kier alpha value is -3.70. The minimum absolute atomic E-state index is 0.0228. The molecule has 0 spiro atoms. The maximum Gasteiger partial charge on any atom is 0.416 e. The molecule has 2 heterocycles. The van der Waals surface area contributed by atoms with Crippen LogP contribution in [0, 0.1) is 0 Å². The number of carbonyl (C=O) groups is 2. The van der Waals surface area contributed by atoms with Crippen LogP contribution in [0.2, 0.25) is 0 Å². The monoisotopic (exact) mass is 613 g/mol. The molecule has 3 N–H and O–H groups in total. The average Bonchev–Trinajstić information content (AvgIpc) is 3.46. The molecular formula is C33H42F3N5O3. The van der Waals surface area contributed by atoms with Gasteiger partial charge in [-0.1, -0.05) is 61.9 Å². The number of rotatable bonds is 13. The smallest absolute Gasteiger partial charge is 0.390 e. The first-order valence-electron chi connectivity index (χ1n) is 15.4. The van der Waals surface area contributed by atoms with Gasteiger partial charge in [0.1, 0.15) is 5.69 Å². The number of piperidine rings is 1. The number of halogens is 3. The summed E-state index contributed by atoms with van der Waals surface area (Å²) >= 11 is 0. The molecule has 4 rings (SSSR count). The largest absolute Gasteiger partial charge is 0.416 e. The molecule has 2 amide bonds. The van der Waals surface area contributed by atoms with Gasteiger partial charge in [0.25, 0.3) is 11.8 Å². The number of likely N-dealkylation sites (tertiary alicyclic amines) is 1. The highest BCUT2D eigenvalue weighted by Gasteiger charge is 2.32. The Bertz CT molecular complexity index is 1380. The number of carbonyl (C=O) groups excluding carboxylic acids is 2. The van der Waals surface area contributed by atoms with Gasteiger partial charge in [0.2, 0.25) is 0 Å². The summed E-state index contributed by atoms with van der Waals surface area (Å²) in [5.74, 6) is -0.649. The molecular weight excluding hydrogens is 571 g/mol. The van der Waals surface area contributed by atoms with Crippen LogP contribution in [-0.2, 0) is 25.7 Å². The molecule has 1 aromatic heterocycles. The van der Waals surface area contributed by atoms with Gasteiger partial charge in [0.15, 0.2) is 5.69 Å². The van der Waals surface area contributed by atoms with E-state index in [4.69, 9.17) is 0 Å². The summed E-state index contributed by atoms with van der Waals surface area (Å²) < 4.78 is 40.9. The predicted molar refractivity (Wildman–Crippen MR) is 162 cm³/mol. The SMILES string of the molecule is CCCC1CCCCN1C(=O)c1cc(C(=O)N[C@@H](Cc2ccccc2)[C@@H](O)CNCc2cccc(C(F)(F)F)c2)nn1CC. The lowest BCUT2D eigenvalue weighted by Crippen LogP contribution is -2.48. The molecule has 1 fully saturated rings. The summed E-state index contributed by atoms with van der Waals surface area (Å²) in [5, 5.41) is 21.5. The molecule has 2 aromatic carbocycles. The second-order valence-electron chi connectivity index (χ2n) is 11.3. The highest BCUT2D eigenvalue weighted by Crippen LogP contribution is 2.29. The minimum Gasteiger partial charge on any atom is -0.390 e. The number of hydrogen-bond acceptors (Lipinski definition) is 5.